The molecule has 0 bridgehead atoms. The molecular formula is C25H24F7N3O4. The molecule has 212 valence electrons. The highest BCUT2D eigenvalue weighted by Crippen LogP contribution is 2.55. The second kappa shape index (κ2) is 9.96. The summed E-state index contributed by atoms with van der Waals surface area (Å²) < 4.78 is 109. The first-order chi connectivity index (χ1) is 18.0. The van der Waals surface area contributed by atoms with Gasteiger partial charge in [0.15, 0.2) is 17.2 Å². The Morgan fingerprint density at radius 3 is 2.46 bits per heavy atom. The maximum atomic E-state index is 14.9. The van der Waals surface area contributed by atoms with Gasteiger partial charge in [-0.2, -0.15) is 17.6 Å². The molecular weight excluding hydrogens is 539 g/mol. The lowest BCUT2D eigenvalue weighted by atomic mass is 9.76. The molecule has 1 aliphatic carbocycles. The van der Waals surface area contributed by atoms with Crippen LogP contribution in [0.5, 0.6) is 5.75 Å². The third kappa shape index (κ3) is 5.38. The quantitative estimate of drug-likeness (QED) is 0.464. The number of hydrogen-bond acceptors (Lipinski definition) is 5. The van der Waals surface area contributed by atoms with E-state index in [2.05, 4.69) is 10.3 Å². The third-order valence-corrected chi connectivity index (χ3v) is 7.28. The van der Waals surface area contributed by atoms with Crippen molar-refractivity contribution in [2.75, 3.05) is 11.9 Å². The number of hydrogen-bond donors (Lipinski definition) is 2. The van der Waals surface area contributed by atoms with E-state index in [0.717, 1.165) is 32.2 Å². The number of pyridine rings is 1. The summed E-state index contributed by atoms with van der Waals surface area (Å²) >= 11 is 0. The minimum absolute atomic E-state index is 0.0351. The molecule has 2 heterocycles. The number of anilines is 1. The fourth-order valence-corrected chi connectivity index (χ4v) is 4.94. The van der Waals surface area contributed by atoms with Gasteiger partial charge in [0.2, 0.25) is 11.7 Å². The lowest BCUT2D eigenvalue weighted by Gasteiger charge is -2.35. The standard InChI is InChI=1S/C25H24F7N3O4/c1-11-17(14-3-4-15(26)18(27)19(14)38-10-12-8-24(28,29)9-12)20(39-23(11,2)25(30,31)32)22(37)35-13-5-6-34-16(7-13)21(33)36/h3-7,11-12,17,20H,8-10H2,1-2H3,(H2,33,36)(H,34,35,37)/t11-,17-,20-,23+/m1/s1. The van der Waals surface area contributed by atoms with Crippen LogP contribution in [0, 0.1) is 23.5 Å². The molecule has 0 unspecified atom stereocenters. The van der Waals surface area contributed by atoms with Crippen LogP contribution in [0.3, 0.4) is 0 Å². The summed E-state index contributed by atoms with van der Waals surface area (Å²) in [6, 6.07) is 3.99. The fraction of sp³-hybridized carbons (Fsp3) is 0.480. The molecule has 0 spiro atoms. The third-order valence-electron chi connectivity index (χ3n) is 7.28. The van der Waals surface area contributed by atoms with E-state index in [-0.39, 0.29) is 16.9 Å². The summed E-state index contributed by atoms with van der Waals surface area (Å²) in [7, 11) is 0. The van der Waals surface area contributed by atoms with Crippen LogP contribution in [0.4, 0.5) is 36.4 Å². The number of carbonyl (C=O) groups excluding carboxylic acids is 2. The van der Waals surface area contributed by atoms with Crippen molar-refractivity contribution in [3.8, 4) is 5.75 Å². The summed E-state index contributed by atoms with van der Waals surface area (Å²) in [5.41, 5.74) is 1.71. The molecule has 14 heteroatoms. The number of nitrogens with two attached hydrogens (primary N) is 1. The summed E-state index contributed by atoms with van der Waals surface area (Å²) in [5, 5.41) is 2.34. The second-order valence-corrected chi connectivity index (χ2v) is 9.96. The van der Waals surface area contributed by atoms with Gasteiger partial charge in [-0.05, 0) is 25.1 Å². The van der Waals surface area contributed by atoms with E-state index < -0.39 is 90.2 Å². The van der Waals surface area contributed by atoms with E-state index >= 15 is 0 Å². The Kier molecular flexibility index (Phi) is 7.30. The van der Waals surface area contributed by atoms with Gasteiger partial charge in [-0.15, -0.1) is 0 Å². The number of primary amides is 1. The predicted molar refractivity (Wildman–Crippen MR) is 122 cm³/mol. The Balaban J connectivity index is 1.71. The van der Waals surface area contributed by atoms with Crippen LogP contribution >= 0.6 is 0 Å². The average Bonchev–Trinajstić information content (AvgIpc) is 3.10. The van der Waals surface area contributed by atoms with Crippen molar-refractivity contribution in [3.05, 3.63) is 53.4 Å². The molecule has 4 rings (SSSR count). The first-order valence-corrected chi connectivity index (χ1v) is 11.8. The maximum absolute atomic E-state index is 14.9. The van der Waals surface area contributed by atoms with Crippen molar-refractivity contribution in [2.24, 2.45) is 17.6 Å². The van der Waals surface area contributed by atoms with Gasteiger partial charge in [0.05, 0.1) is 6.61 Å². The monoisotopic (exact) mass is 563 g/mol. The van der Waals surface area contributed by atoms with Crippen LogP contribution in [0.2, 0.25) is 0 Å². The molecule has 1 saturated carbocycles. The molecule has 2 fully saturated rings. The van der Waals surface area contributed by atoms with Crippen LogP contribution in [-0.2, 0) is 9.53 Å². The highest BCUT2D eigenvalue weighted by Gasteiger charge is 2.66. The zero-order valence-corrected chi connectivity index (χ0v) is 20.6. The van der Waals surface area contributed by atoms with E-state index in [9.17, 15) is 40.3 Å². The number of benzene rings is 1. The van der Waals surface area contributed by atoms with Crippen molar-refractivity contribution in [3.63, 3.8) is 0 Å². The summed E-state index contributed by atoms with van der Waals surface area (Å²) in [6.45, 7) is 1.43. The normalized spacial score (nSPS) is 26.6. The maximum Gasteiger partial charge on any atom is 0.417 e. The number of nitrogens with zero attached hydrogens (tertiary/aromatic N) is 1. The van der Waals surface area contributed by atoms with Crippen molar-refractivity contribution in [1.29, 1.82) is 0 Å². The number of alkyl halides is 5. The zero-order chi connectivity index (χ0) is 28.9. The summed E-state index contributed by atoms with van der Waals surface area (Å²) in [4.78, 5) is 28.4. The minimum Gasteiger partial charge on any atom is -0.490 e. The Labute approximate surface area is 217 Å². The molecule has 1 aromatic heterocycles. The molecule has 1 saturated heterocycles. The van der Waals surface area contributed by atoms with E-state index in [1.165, 1.54) is 6.07 Å². The second-order valence-electron chi connectivity index (χ2n) is 9.96. The topological polar surface area (TPSA) is 104 Å². The minimum atomic E-state index is -4.98. The first kappa shape index (κ1) is 28.6. The Morgan fingerprint density at radius 2 is 1.87 bits per heavy atom. The van der Waals surface area contributed by atoms with Gasteiger partial charge in [0.25, 0.3) is 11.8 Å². The van der Waals surface area contributed by atoms with Gasteiger partial charge in [0.1, 0.15) is 11.8 Å². The number of carbonyl (C=O) groups is 2. The van der Waals surface area contributed by atoms with Gasteiger partial charge >= 0.3 is 6.18 Å². The summed E-state index contributed by atoms with van der Waals surface area (Å²) in [5.74, 6) is -12.3. The van der Waals surface area contributed by atoms with Crippen molar-refractivity contribution >= 4 is 17.5 Å². The Morgan fingerprint density at radius 1 is 1.21 bits per heavy atom. The number of rotatable bonds is 7. The highest BCUT2D eigenvalue weighted by molar-refractivity contribution is 5.97. The predicted octanol–water partition coefficient (Wildman–Crippen LogP) is 4.96. The molecule has 2 aliphatic rings. The molecule has 0 radical (unpaired) electrons. The summed E-state index contributed by atoms with van der Waals surface area (Å²) in [6.07, 6.45) is -6.82. The highest BCUT2D eigenvalue weighted by atomic mass is 19.4. The molecule has 4 atom stereocenters. The lowest BCUT2D eigenvalue weighted by Crippen LogP contribution is -2.47. The molecule has 39 heavy (non-hydrogen) atoms. The van der Waals surface area contributed by atoms with Crippen LogP contribution in [-0.4, -0.2) is 47.2 Å². The van der Waals surface area contributed by atoms with Crippen LogP contribution in [0.15, 0.2) is 30.5 Å². The number of halogens is 7. The SMILES string of the molecule is C[C@@H]1[C@H](c2ccc(F)c(F)c2OCC2CC(F)(F)C2)[C@H](C(=O)Nc2ccnc(C(N)=O)c2)O[C@]1(C)C(F)(F)F. The Hall–Kier alpha value is -3.42. The van der Waals surface area contributed by atoms with Crippen LogP contribution < -0.4 is 15.8 Å². The number of ether oxygens (including phenoxy) is 2. The van der Waals surface area contributed by atoms with Crippen molar-refractivity contribution in [2.45, 2.75) is 56.4 Å². The van der Waals surface area contributed by atoms with E-state index in [0.29, 0.717) is 6.07 Å². The first-order valence-electron chi connectivity index (χ1n) is 11.8. The van der Waals surface area contributed by atoms with E-state index in [1.807, 2.05) is 0 Å². The van der Waals surface area contributed by atoms with E-state index in [1.54, 1.807) is 0 Å². The molecule has 2 amide bonds. The molecule has 2 aromatic rings. The largest absolute Gasteiger partial charge is 0.490 e. The van der Waals surface area contributed by atoms with Gasteiger partial charge in [-0.1, -0.05) is 13.0 Å². The van der Waals surface area contributed by atoms with E-state index in [4.69, 9.17) is 15.2 Å². The van der Waals surface area contributed by atoms with Crippen LogP contribution in [0.1, 0.15) is 48.7 Å². The molecule has 7 nitrogen and oxygen atoms in total. The van der Waals surface area contributed by atoms with Crippen molar-refractivity contribution in [1.82, 2.24) is 4.98 Å². The zero-order valence-electron chi connectivity index (χ0n) is 20.6. The number of amides is 2. The molecule has 1 aromatic carbocycles. The van der Waals surface area contributed by atoms with Gasteiger partial charge in [-0.3, -0.25) is 14.6 Å². The van der Waals surface area contributed by atoms with Gasteiger partial charge in [0, 0.05) is 48.0 Å². The number of aromatic nitrogens is 1. The molecule has 1 aliphatic heterocycles. The van der Waals surface area contributed by atoms with Gasteiger partial charge < -0.3 is 20.5 Å². The van der Waals surface area contributed by atoms with Crippen LogP contribution in [0.25, 0.3) is 0 Å². The van der Waals surface area contributed by atoms with Crippen molar-refractivity contribution < 1.29 is 49.8 Å². The average molecular weight is 563 g/mol. The Bertz CT molecular complexity index is 1280. The fourth-order valence-electron chi connectivity index (χ4n) is 4.94. The number of nitrogens with one attached hydrogen (secondary N) is 1. The lowest BCUT2D eigenvalue weighted by molar-refractivity contribution is -0.272. The van der Waals surface area contributed by atoms with Gasteiger partial charge in [-0.25, -0.2) is 13.2 Å². The smallest absolute Gasteiger partial charge is 0.417 e. The molecule has 3 N–H and O–H groups in total.